The van der Waals surface area contributed by atoms with Gasteiger partial charge in [0.25, 0.3) is 11.1 Å². The summed E-state index contributed by atoms with van der Waals surface area (Å²) in [7, 11) is 0. The second-order valence-electron chi connectivity index (χ2n) is 3.89. The Morgan fingerprint density at radius 1 is 1.15 bits per heavy atom. The normalized spacial score (nSPS) is 10.9. The maximum Gasteiger partial charge on any atom is 0.277 e. The standard InChI is InChI=1S/C13H8Cl2N2OS2/c14-9-4-3-8(6-10(9)15)7-20-13-17-16-12(18-13)11-2-1-5-19-11/h1-6H,7H2. The maximum absolute atomic E-state index is 5.98. The van der Waals surface area contributed by atoms with Crippen LogP contribution in [0.4, 0.5) is 0 Å². The molecule has 0 aliphatic rings. The minimum absolute atomic E-state index is 0.541. The highest BCUT2D eigenvalue weighted by Crippen LogP contribution is 2.29. The first-order chi connectivity index (χ1) is 9.72. The average molecular weight is 343 g/mol. The molecule has 3 rings (SSSR count). The van der Waals surface area contributed by atoms with E-state index in [1.165, 1.54) is 11.8 Å². The van der Waals surface area contributed by atoms with Crippen molar-refractivity contribution in [3.05, 3.63) is 51.3 Å². The van der Waals surface area contributed by atoms with Crippen LogP contribution in [-0.4, -0.2) is 10.2 Å². The Kier molecular flexibility index (Phi) is 4.31. The number of hydrogen-bond acceptors (Lipinski definition) is 5. The van der Waals surface area contributed by atoms with E-state index < -0.39 is 0 Å². The summed E-state index contributed by atoms with van der Waals surface area (Å²) in [5.74, 6) is 1.25. The molecule has 20 heavy (non-hydrogen) atoms. The van der Waals surface area contributed by atoms with Gasteiger partial charge in [0.1, 0.15) is 0 Å². The van der Waals surface area contributed by atoms with Crippen LogP contribution in [0.3, 0.4) is 0 Å². The van der Waals surface area contributed by atoms with Gasteiger partial charge >= 0.3 is 0 Å². The van der Waals surface area contributed by atoms with E-state index in [0.717, 1.165) is 10.4 Å². The summed E-state index contributed by atoms with van der Waals surface area (Å²) < 4.78 is 5.60. The number of thioether (sulfide) groups is 1. The topological polar surface area (TPSA) is 38.9 Å². The van der Waals surface area contributed by atoms with E-state index in [4.69, 9.17) is 27.6 Å². The lowest BCUT2D eigenvalue weighted by atomic mass is 10.2. The second kappa shape index (κ2) is 6.18. The van der Waals surface area contributed by atoms with Gasteiger partial charge < -0.3 is 4.42 Å². The van der Waals surface area contributed by atoms with Gasteiger partial charge in [-0.15, -0.1) is 21.5 Å². The average Bonchev–Trinajstić information content (AvgIpc) is 3.09. The molecule has 0 spiro atoms. The minimum Gasteiger partial charge on any atom is -0.410 e. The molecule has 0 aliphatic heterocycles. The molecule has 0 N–H and O–H groups in total. The summed E-state index contributed by atoms with van der Waals surface area (Å²) in [5, 5.41) is 11.7. The van der Waals surface area contributed by atoms with Gasteiger partial charge in [-0.2, -0.15) is 0 Å². The number of rotatable bonds is 4. The fraction of sp³-hybridized carbons (Fsp3) is 0.0769. The van der Waals surface area contributed by atoms with Crippen LogP contribution in [0.1, 0.15) is 5.56 Å². The highest BCUT2D eigenvalue weighted by Gasteiger charge is 2.10. The van der Waals surface area contributed by atoms with Crippen molar-refractivity contribution >= 4 is 46.3 Å². The minimum atomic E-state index is 0.541. The third kappa shape index (κ3) is 3.17. The first-order valence-electron chi connectivity index (χ1n) is 5.66. The van der Waals surface area contributed by atoms with Crippen molar-refractivity contribution in [3.63, 3.8) is 0 Å². The molecule has 0 amide bonds. The number of aromatic nitrogens is 2. The molecule has 0 aliphatic carbocycles. The lowest BCUT2D eigenvalue weighted by molar-refractivity contribution is 0.466. The highest BCUT2D eigenvalue weighted by molar-refractivity contribution is 7.98. The van der Waals surface area contributed by atoms with Gasteiger partial charge in [0.05, 0.1) is 14.9 Å². The van der Waals surface area contributed by atoms with E-state index >= 15 is 0 Å². The van der Waals surface area contributed by atoms with Crippen LogP contribution in [0.15, 0.2) is 45.4 Å². The summed E-state index contributed by atoms with van der Waals surface area (Å²) in [4.78, 5) is 0.971. The highest BCUT2D eigenvalue weighted by atomic mass is 35.5. The van der Waals surface area contributed by atoms with Gasteiger partial charge in [-0.3, -0.25) is 0 Å². The Morgan fingerprint density at radius 3 is 2.80 bits per heavy atom. The summed E-state index contributed by atoms with van der Waals surface area (Å²) in [6.07, 6.45) is 0. The number of halogens is 2. The summed E-state index contributed by atoms with van der Waals surface area (Å²) >= 11 is 14.9. The third-order valence-corrected chi connectivity index (χ3v) is 4.97. The Bertz CT molecular complexity index is 713. The molecule has 0 saturated heterocycles. The molecule has 3 aromatic rings. The fourth-order valence-corrected chi connectivity index (χ4v) is 3.21. The molecule has 0 atom stereocenters. The lowest BCUT2D eigenvalue weighted by Crippen LogP contribution is -1.81. The van der Waals surface area contributed by atoms with Crippen LogP contribution in [0.2, 0.25) is 10.0 Å². The molecule has 2 aromatic heterocycles. The Morgan fingerprint density at radius 2 is 2.05 bits per heavy atom. The van der Waals surface area contributed by atoms with Gasteiger partial charge in [0, 0.05) is 5.75 Å². The van der Waals surface area contributed by atoms with Gasteiger partial charge in [-0.05, 0) is 29.1 Å². The third-order valence-electron chi connectivity index (χ3n) is 2.48. The first-order valence-corrected chi connectivity index (χ1v) is 8.28. The zero-order chi connectivity index (χ0) is 13.9. The zero-order valence-corrected chi connectivity index (χ0v) is 13.2. The Balaban J connectivity index is 1.68. The number of hydrogen-bond donors (Lipinski definition) is 0. The van der Waals surface area contributed by atoms with E-state index in [9.17, 15) is 0 Å². The van der Waals surface area contributed by atoms with Crippen LogP contribution >= 0.6 is 46.3 Å². The van der Waals surface area contributed by atoms with Crippen molar-refractivity contribution < 1.29 is 4.42 Å². The molecule has 0 bridgehead atoms. The summed E-state index contributed by atoms with van der Waals surface area (Å²) in [6, 6.07) is 9.45. The van der Waals surface area contributed by atoms with E-state index in [0.29, 0.717) is 26.9 Å². The summed E-state index contributed by atoms with van der Waals surface area (Å²) in [6.45, 7) is 0. The predicted octanol–water partition coefficient (Wildman–Crippen LogP) is 5.40. The van der Waals surface area contributed by atoms with Crippen molar-refractivity contribution in [2.75, 3.05) is 0 Å². The second-order valence-corrected chi connectivity index (χ2v) is 6.58. The van der Waals surface area contributed by atoms with Crippen molar-refractivity contribution in [1.82, 2.24) is 10.2 Å². The van der Waals surface area contributed by atoms with Crippen LogP contribution in [0.5, 0.6) is 0 Å². The van der Waals surface area contributed by atoms with Crippen molar-refractivity contribution in [2.45, 2.75) is 11.0 Å². The van der Waals surface area contributed by atoms with Gasteiger partial charge in [-0.25, -0.2) is 0 Å². The number of nitrogens with zero attached hydrogens (tertiary/aromatic N) is 2. The molecule has 0 saturated carbocycles. The Labute approximate surface area is 133 Å². The maximum atomic E-state index is 5.98. The van der Waals surface area contributed by atoms with Crippen LogP contribution < -0.4 is 0 Å². The predicted molar refractivity (Wildman–Crippen MR) is 83.6 cm³/mol. The molecular formula is C13H8Cl2N2OS2. The molecule has 3 nitrogen and oxygen atoms in total. The first kappa shape index (κ1) is 13.9. The van der Waals surface area contributed by atoms with Crippen molar-refractivity contribution in [2.24, 2.45) is 0 Å². The SMILES string of the molecule is Clc1ccc(CSc2nnc(-c3cccs3)o2)cc1Cl. The van der Waals surface area contributed by atoms with Crippen LogP contribution in [0.25, 0.3) is 10.8 Å². The summed E-state index contributed by atoms with van der Waals surface area (Å²) in [5.41, 5.74) is 1.06. The van der Waals surface area contributed by atoms with Crippen molar-refractivity contribution in [1.29, 1.82) is 0 Å². The van der Waals surface area contributed by atoms with E-state index in [1.807, 2.05) is 29.6 Å². The van der Waals surface area contributed by atoms with Crippen LogP contribution in [0, 0.1) is 0 Å². The molecule has 0 fully saturated rings. The molecule has 1 aromatic carbocycles. The largest absolute Gasteiger partial charge is 0.410 e. The fourth-order valence-electron chi connectivity index (χ4n) is 1.54. The Hall–Kier alpha value is -1.01. The molecule has 2 heterocycles. The molecule has 102 valence electrons. The van der Waals surface area contributed by atoms with E-state index in [1.54, 1.807) is 17.4 Å². The van der Waals surface area contributed by atoms with Gasteiger partial charge in [0.15, 0.2) is 0 Å². The van der Waals surface area contributed by atoms with E-state index in [2.05, 4.69) is 10.2 Å². The van der Waals surface area contributed by atoms with Crippen LogP contribution in [-0.2, 0) is 5.75 Å². The van der Waals surface area contributed by atoms with Crippen molar-refractivity contribution in [3.8, 4) is 10.8 Å². The quantitative estimate of drug-likeness (QED) is 0.595. The van der Waals surface area contributed by atoms with Gasteiger partial charge in [-0.1, -0.05) is 47.1 Å². The van der Waals surface area contributed by atoms with Gasteiger partial charge in [0.2, 0.25) is 0 Å². The molecule has 7 heteroatoms. The lowest BCUT2D eigenvalue weighted by Gasteiger charge is -2.00. The monoisotopic (exact) mass is 342 g/mol. The smallest absolute Gasteiger partial charge is 0.277 e. The molecule has 0 radical (unpaired) electrons. The van der Waals surface area contributed by atoms with E-state index in [-0.39, 0.29) is 0 Å². The molecular weight excluding hydrogens is 335 g/mol. The number of thiophene rings is 1. The zero-order valence-electron chi connectivity index (χ0n) is 10.0. The number of benzene rings is 1. The molecule has 0 unspecified atom stereocenters.